The molecule has 2 N–H and O–H groups in total. The SMILES string of the molecule is Cn1cnc(C2CC3CC(O)(c4ncccn4)CC3C2)c1C(=O)Nc1ccc(F)c(Cl)c1. The van der Waals surface area contributed by atoms with Crippen LogP contribution in [0.1, 0.15) is 53.6 Å². The van der Waals surface area contributed by atoms with Crippen molar-refractivity contribution in [3.63, 3.8) is 0 Å². The van der Waals surface area contributed by atoms with Crippen LogP contribution in [0.25, 0.3) is 0 Å². The Morgan fingerprint density at radius 3 is 2.56 bits per heavy atom. The van der Waals surface area contributed by atoms with Gasteiger partial charge in [-0.2, -0.15) is 0 Å². The molecule has 0 bridgehead atoms. The second kappa shape index (κ2) is 7.94. The summed E-state index contributed by atoms with van der Waals surface area (Å²) in [6, 6.07) is 5.82. The second-order valence-electron chi connectivity index (χ2n) is 8.87. The van der Waals surface area contributed by atoms with Gasteiger partial charge in [0.15, 0.2) is 5.82 Å². The lowest BCUT2D eigenvalue weighted by molar-refractivity contribution is 0.0253. The Bertz CT molecular complexity index is 1150. The number of hydrogen-bond donors (Lipinski definition) is 2. The Kier molecular flexibility index (Phi) is 5.22. The summed E-state index contributed by atoms with van der Waals surface area (Å²) in [7, 11) is 1.78. The standard InChI is InChI=1S/C23H23ClFN5O2/c1-30-12-28-19(20(30)21(31)29-16-3-4-18(25)17(24)9-16)13-7-14-10-23(32,11-15(14)8-13)22-26-5-2-6-27-22/h2-6,9,12-15,32H,7-8,10-11H2,1H3,(H,29,31). The molecule has 2 aliphatic rings. The number of nitrogens with one attached hydrogen (secondary N) is 1. The molecule has 0 aliphatic heterocycles. The van der Waals surface area contributed by atoms with E-state index in [9.17, 15) is 14.3 Å². The van der Waals surface area contributed by atoms with E-state index in [1.807, 2.05) is 0 Å². The van der Waals surface area contributed by atoms with Crippen molar-refractivity contribution < 1.29 is 14.3 Å². The third-order valence-corrected chi connectivity index (χ3v) is 7.06. The maximum Gasteiger partial charge on any atom is 0.274 e. The van der Waals surface area contributed by atoms with Crippen LogP contribution in [-0.2, 0) is 12.6 Å². The fourth-order valence-electron chi connectivity index (χ4n) is 5.40. The maximum absolute atomic E-state index is 13.4. The maximum atomic E-state index is 13.4. The molecule has 1 aromatic carbocycles. The Hall–Kier alpha value is -2.84. The lowest BCUT2D eigenvalue weighted by atomic mass is 9.91. The van der Waals surface area contributed by atoms with Crippen LogP contribution >= 0.6 is 11.6 Å². The zero-order chi connectivity index (χ0) is 22.5. The average Bonchev–Trinajstić information content (AvgIpc) is 3.42. The van der Waals surface area contributed by atoms with Crippen LogP contribution < -0.4 is 5.32 Å². The fraction of sp³-hybridized carbons (Fsp3) is 0.391. The van der Waals surface area contributed by atoms with Gasteiger partial charge in [-0.3, -0.25) is 4.79 Å². The molecule has 2 aromatic heterocycles. The molecule has 3 aromatic rings. The van der Waals surface area contributed by atoms with Gasteiger partial charge in [-0.15, -0.1) is 0 Å². The number of aromatic nitrogens is 4. The quantitative estimate of drug-likeness (QED) is 0.619. The molecular formula is C23H23ClFN5O2. The van der Waals surface area contributed by atoms with Crippen molar-refractivity contribution in [3.05, 3.63) is 71.0 Å². The summed E-state index contributed by atoms with van der Waals surface area (Å²) in [4.78, 5) is 26.1. The molecule has 2 atom stereocenters. The largest absolute Gasteiger partial charge is 0.382 e. The van der Waals surface area contributed by atoms with Crippen LogP contribution in [0.3, 0.4) is 0 Å². The predicted molar refractivity (Wildman–Crippen MR) is 117 cm³/mol. The molecule has 7 nitrogen and oxygen atoms in total. The summed E-state index contributed by atoms with van der Waals surface area (Å²) >= 11 is 5.84. The first kappa shape index (κ1) is 21.0. The van der Waals surface area contributed by atoms with Crippen LogP contribution in [-0.4, -0.2) is 30.5 Å². The van der Waals surface area contributed by atoms with E-state index < -0.39 is 11.4 Å². The molecule has 0 radical (unpaired) electrons. The Morgan fingerprint density at radius 2 is 1.91 bits per heavy atom. The van der Waals surface area contributed by atoms with Crippen molar-refractivity contribution >= 4 is 23.2 Å². The van der Waals surface area contributed by atoms with Gasteiger partial charge >= 0.3 is 0 Å². The van der Waals surface area contributed by atoms with Gasteiger partial charge in [-0.1, -0.05) is 11.6 Å². The number of halogens is 2. The number of carbonyl (C=O) groups excluding carboxylic acids is 1. The molecule has 2 aliphatic carbocycles. The van der Waals surface area contributed by atoms with Crippen LogP contribution in [0.4, 0.5) is 10.1 Å². The zero-order valence-electron chi connectivity index (χ0n) is 17.5. The summed E-state index contributed by atoms with van der Waals surface area (Å²) in [5, 5.41) is 13.9. The highest BCUT2D eigenvalue weighted by atomic mass is 35.5. The van der Waals surface area contributed by atoms with Crippen molar-refractivity contribution in [1.29, 1.82) is 0 Å². The molecule has 1 amide bonds. The molecule has 2 heterocycles. The molecule has 2 unspecified atom stereocenters. The summed E-state index contributed by atoms with van der Waals surface area (Å²) in [5.41, 5.74) is 0.669. The lowest BCUT2D eigenvalue weighted by Gasteiger charge is -2.22. The van der Waals surface area contributed by atoms with Crippen molar-refractivity contribution in [2.24, 2.45) is 18.9 Å². The van der Waals surface area contributed by atoms with E-state index in [1.165, 1.54) is 18.2 Å². The third-order valence-electron chi connectivity index (χ3n) is 6.77. The highest BCUT2D eigenvalue weighted by Gasteiger charge is 2.51. The van der Waals surface area contributed by atoms with Gasteiger partial charge in [-0.05, 0) is 61.8 Å². The number of carbonyl (C=O) groups is 1. The second-order valence-corrected chi connectivity index (χ2v) is 9.28. The number of aryl methyl sites for hydroxylation is 1. The molecule has 0 saturated heterocycles. The van der Waals surface area contributed by atoms with Gasteiger partial charge in [0.2, 0.25) is 0 Å². The van der Waals surface area contributed by atoms with Crippen LogP contribution in [0.5, 0.6) is 0 Å². The first-order valence-corrected chi connectivity index (χ1v) is 11.0. The number of benzene rings is 1. The minimum Gasteiger partial charge on any atom is -0.382 e. The third kappa shape index (κ3) is 3.67. The van der Waals surface area contributed by atoms with Gasteiger partial charge in [0, 0.05) is 31.0 Å². The minimum atomic E-state index is -0.992. The van der Waals surface area contributed by atoms with E-state index in [1.54, 1.807) is 36.4 Å². The molecule has 0 spiro atoms. The van der Waals surface area contributed by atoms with Gasteiger partial charge in [0.1, 0.15) is 17.1 Å². The van der Waals surface area contributed by atoms with Crippen molar-refractivity contribution in [1.82, 2.24) is 19.5 Å². The number of rotatable bonds is 4. The number of aliphatic hydroxyl groups is 1. The number of hydrogen-bond acceptors (Lipinski definition) is 5. The van der Waals surface area contributed by atoms with Gasteiger partial charge in [-0.25, -0.2) is 19.3 Å². The Morgan fingerprint density at radius 1 is 1.22 bits per heavy atom. The minimum absolute atomic E-state index is 0.0495. The molecule has 5 rings (SSSR count). The number of nitrogens with zero attached hydrogens (tertiary/aromatic N) is 4. The number of imidazole rings is 1. The fourth-order valence-corrected chi connectivity index (χ4v) is 5.58. The van der Waals surface area contributed by atoms with E-state index in [0.717, 1.165) is 18.5 Å². The van der Waals surface area contributed by atoms with Gasteiger partial charge < -0.3 is 15.0 Å². The summed E-state index contributed by atoms with van der Waals surface area (Å²) < 4.78 is 15.1. The van der Waals surface area contributed by atoms with E-state index in [0.29, 0.717) is 41.9 Å². The van der Waals surface area contributed by atoms with Crippen LogP contribution in [0.2, 0.25) is 5.02 Å². The summed E-state index contributed by atoms with van der Waals surface area (Å²) in [5.74, 6) is 0.412. The molecule has 2 saturated carbocycles. The van der Waals surface area contributed by atoms with Crippen LogP contribution in [0.15, 0.2) is 43.0 Å². The Labute approximate surface area is 189 Å². The smallest absolute Gasteiger partial charge is 0.274 e. The average molecular weight is 456 g/mol. The summed E-state index contributed by atoms with van der Waals surface area (Å²) in [6.07, 6.45) is 7.87. The number of fused-ring (bicyclic) bond motifs is 1. The van der Waals surface area contributed by atoms with Gasteiger partial charge in [0.05, 0.1) is 17.0 Å². The Balaban J connectivity index is 1.33. The molecule has 9 heteroatoms. The normalized spacial score (nSPS) is 26.8. The van der Waals surface area contributed by atoms with Crippen molar-refractivity contribution in [2.45, 2.75) is 37.2 Å². The number of anilines is 1. The van der Waals surface area contributed by atoms with Crippen molar-refractivity contribution in [2.75, 3.05) is 5.32 Å². The molecule has 166 valence electrons. The molecule has 2 fully saturated rings. The lowest BCUT2D eigenvalue weighted by Crippen LogP contribution is -2.26. The first-order chi connectivity index (χ1) is 15.3. The zero-order valence-corrected chi connectivity index (χ0v) is 18.3. The number of amides is 1. The van der Waals surface area contributed by atoms with Crippen LogP contribution in [0, 0.1) is 17.7 Å². The van der Waals surface area contributed by atoms with E-state index in [2.05, 4.69) is 20.3 Å². The van der Waals surface area contributed by atoms with Gasteiger partial charge in [0.25, 0.3) is 5.91 Å². The predicted octanol–water partition coefficient (Wildman–Crippen LogP) is 4.05. The molecular weight excluding hydrogens is 433 g/mol. The highest BCUT2D eigenvalue weighted by Crippen LogP contribution is 2.56. The first-order valence-electron chi connectivity index (χ1n) is 10.6. The van der Waals surface area contributed by atoms with E-state index >= 15 is 0 Å². The van der Waals surface area contributed by atoms with E-state index in [-0.39, 0.29) is 16.8 Å². The summed E-state index contributed by atoms with van der Waals surface area (Å²) in [6.45, 7) is 0. The van der Waals surface area contributed by atoms with Crippen molar-refractivity contribution in [3.8, 4) is 0 Å². The van der Waals surface area contributed by atoms with E-state index in [4.69, 9.17) is 11.6 Å². The molecule has 32 heavy (non-hydrogen) atoms. The monoisotopic (exact) mass is 455 g/mol. The topological polar surface area (TPSA) is 92.9 Å². The highest BCUT2D eigenvalue weighted by molar-refractivity contribution is 6.31.